The zero-order valence-electron chi connectivity index (χ0n) is 7.94. The molecule has 0 radical (unpaired) electrons. The number of rotatable bonds is 1. The van der Waals surface area contributed by atoms with E-state index in [-0.39, 0.29) is 6.42 Å². The van der Waals surface area contributed by atoms with Crippen LogP contribution in [-0.2, 0) is 0 Å². The quantitative estimate of drug-likeness (QED) is 0.692. The summed E-state index contributed by atoms with van der Waals surface area (Å²) in [7, 11) is 0. The van der Waals surface area contributed by atoms with Crippen LogP contribution in [0.3, 0.4) is 0 Å². The summed E-state index contributed by atoms with van der Waals surface area (Å²) in [6.07, 6.45) is -0.366. The molecule has 0 bridgehead atoms. The highest BCUT2D eigenvalue weighted by Gasteiger charge is 2.52. The van der Waals surface area contributed by atoms with E-state index in [0.717, 1.165) is 24.7 Å². The molecule has 1 aliphatic carbocycles. The molecule has 84 valence electrons. The van der Waals surface area contributed by atoms with Crippen LogP contribution in [-0.4, -0.2) is 24.1 Å². The summed E-state index contributed by atoms with van der Waals surface area (Å²) in [5, 5.41) is 3.08. The van der Waals surface area contributed by atoms with Gasteiger partial charge in [0, 0.05) is 19.0 Å². The van der Waals surface area contributed by atoms with Crippen LogP contribution in [0.2, 0.25) is 0 Å². The molecular formula is C10H11ClF3N. The van der Waals surface area contributed by atoms with E-state index in [9.17, 15) is 13.2 Å². The van der Waals surface area contributed by atoms with Gasteiger partial charge in [0.2, 0.25) is 0 Å². The Bertz CT molecular complexity index is 317. The lowest BCUT2D eigenvalue weighted by molar-refractivity contribution is -0.149. The Morgan fingerprint density at radius 1 is 1.40 bits per heavy atom. The predicted octanol–water partition coefficient (Wildman–Crippen LogP) is 2.63. The lowest BCUT2D eigenvalue weighted by Crippen LogP contribution is -2.44. The van der Waals surface area contributed by atoms with Crippen molar-refractivity contribution in [1.29, 1.82) is 0 Å². The maximum atomic E-state index is 12.5. The summed E-state index contributed by atoms with van der Waals surface area (Å²) in [6.45, 7) is 1.69. The van der Waals surface area contributed by atoms with Gasteiger partial charge in [-0.2, -0.15) is 13.2 Å². The number of hydrogen-bond acceptors (Lipinski definition) is 1. The third kappa shape index (κ3) is 1.93. The topological polar surface area (TPSA) is 12.0 Å². The SMILES string of the molecule is FC(F)(F)C1(Cl)C=CC(C2CNC2)=CC1. The van der Waals surface area contributed by atoms with Gasteiger partial charge in [-0.25, -0.2) is 0 Å². The smallest absolute Gasteiger partial charge is 0.315 e. The maximum absolute atomic E-state index is 12.5. The van der Waals surface area contributed by atoms with Crippen LogP contribution in [0.15, 0.2) is 23.8 Å². The van der Waals surface area contributed by atoms with E-state index >= 15 is 0 Å². The van der Waals surface area contributed by atoms with Gasteiger partial charge in [0.1, 0.15) is 0 Å². The molecule has 1 nitrogen and oxygen atoms in total. The molecule has 0 aromatic heterocycles. The largest absolute Gasteiger partial charge is 0.411 e. The molecule has 1 saturated heterocycles. The lowest BCUT2D eigenvalue weighted by atomic mass is 9.86. The minimum absolute atomic E-state index is 0.166. The van der Waals surface area contributed by atoms with Crippen molar-refractivity contribution < 1.29 is 13.2 Å². The van der Waals surface area contributed by atoms with E-state index in [1.54, 1.807) is 6.08 Å². The molecule has 1 heterocycles. The van der Waals surface area contributed by atoms with Gasteiger partial charge in [-0.15, -0.1) is 11.6 Å². The van der Waals surface area contributed by atoms with Crippen LogP contribution in [0.5, 0.6) is 0 Å². The van der Waals surface area contributed by atoms with Gasteiger partial charge in [-0.05, 0) is 12.0 Å². The standard InChI is InChI=1S/C10H11ClF3N/c11-9(10(12,13)14)3-1-7(2-4-9)8-5-15-6-8/h1-3,8,15H,4-6H2. The Balaban J connectivity index is 2.08. The minimum Gasteiger partial charge on any atom is -0.315 e. The fourth-order valence-corrected chi connectivity index (χ4v) is 1.81. The van der Waals surface area contributed by atoms with Gasteiger partial charge in [0.15, 0.2) is 4.87 Å². The maximum Gasteiger partial charge on any atom is 0.411 e. The molecule has 0 aromatic rings. The molecule has 0 aromatic carbocycles. The van der Waals surface area contributed by atoms with Crippen LogP contribution in [0.4, 0.5) is 13.2 Å². The molecule has 2 aliphatic rings. The molecule has 5 heteroatoms. The zero-order chi connectivity index (χ0) is 11.1. The van der Waals surface area contributed by atoms with E-state index in [1.165, 1.54) is 6.08 Å². The first kappa shape index (κ1) is 11.0. The van der Waals surface area contributed by atoms with E-state index < -0.39 is 11.1 Å². The number of hydrogen-bond donors (Lipinski definition) is 1. The van der Waals surface area contributed by atoms with Crippen molar-refractivity contribution in [1.82, 2.24) is 5.32 Å². The molecule has 1 atom stereocenters. The molecule has 1 aliphatic heterocycles. The van der Waals surface area contributed by atoms with Gasteiger partial charge in [0.25, 0.3) is 0 Å². The van der Waals surface area contributed by atoms with Crippen molar-refractivity contribution in [2.24, 2.45) is 5.92 Å². The van der Waals surface area contributed by atoms with Crippen LogP contribution in [0, 0.1) is 5.92 Å². The average Bonchev–Trinajstić information content (AvgIpc) is 2.04. The first-order chi connectivity index (χ1) is 6.92. The van der Waals surface area contributed by atoms with E-state index in [0.29, 0.717) is 5.92 Å². The molecular weight excluding hydrogens is 227 g/mol. The highest BCUT2D eigenvalue weighted by atomic mass is 35.5. The summed E-state index contributed by atoms with van der Waals surface area (Å²) in [5.41, 5.74) is 0.967. The first-order valence-electron chi connectivity index (χ1n) is 4.78. The third-order valence-electron chi connectivity index (χ3n) is 2.90. The fourth-order valence-electron chi connectivity index (χ4n) is 1.67. The molecule has 1 unspecified atom stereocenters. The van der Waals surface area contributed by atoms with Crippen molar-refractivity contribution in [2.75, 3.05) is 13.1 Å². The van der Waals surface area contributed by atoms with Crippen molar-refractivity contribution >= 4 is 11.6 Å². The number of allylic oxidation sites excluding steroid dienone is 3. The lowest BCUT2D eigenvalue weighted by Gasteiger charge is -2.33. The van der Waals surface area contributed by atoms with Gasteiger partial charge in [-0.3, -0.25) is 0 Å². The van der Waals surface area contributed by atoms with E-state index in [1.807, 2.05) is 0 Å². The van der Waals surface area contributed by atoms with Crippen molar-refractivity contribution in [3.63, 3.8) is 0 Å². The van der Waals surface area contributed by atoms with Crippen molar-refractivity contribution in [3.8, 4) is 0 Å². The Hall–Kier alpha value is -0.480. The Morgan fingerprint density at radius 2 is 2.07 bits per heavy atom. The normalized spacial score (nSPS) is 32.4. The second-order valence-electron chi connectivity index (χ2n) is 3.96. The number of nitrogens with one attached hydrogen (secondary N) is 1. The highest BCUT2D eigenvalue weighted by Crippen LogP contribution is 2.43. The van der Waals surface area contributed by atoms with Crippen LogP contribution in [0.1, 0.15) is 6.42 Å². The van der Waals surface area contributed by atoms with Crippen LogP contribution < -0.4 is 5.32 Å². The predicted molar refractivity (Wildman–Crippen MR) is 52.8 cm³/mol. The number of alkyl halides is 4. The van der Waals surface area contributed by atoms with Crippen molar-refractivity contribution in [2.45, 2.75) is 17.5 Å². The molecule has 0 saturated carbocycles. The summed E-state index contributed by atoms with van der Waals surface area (Å²) in [6, 6.07) is 0. The second-order valence-corrected chi connectivity index (χ2v) is 4.63. The molecule has 2 rings (SSSR count). The van der Waals surface area contributed by atoms with E-state index in [4.69, 9.17) is 11.6 Å². The Morgan fingerprint density at radius 3 is 2.40 bits per heavy atom. The summed E-state index contributed by atoms with van der Waals surface area (Å²) < 4.78 is 37.6. The first-order valence-corrected chi connectivity index (χ1v) is 5.16. The molecule has 1 N–H and O–H groups in total. The van der Waals surface area contributed by atoms with Crippen LogP contribution >= 0.6 is 11.6 Å². The minimum atomic E-state index is -4.38. The molecule has 0 spiro atoms. The van der Waals surface area contributed by atoms with Gasteiger partial charge < -0.3 is 5.32 Å². The monoisotopic (exact) mass is 237 g/mol. The number of halogens is 4. The average molecular weight is 238 g/mol. The highest BCUT2D eigenvalue weighted by molar-refractivity contribution is 6.26. The Labute approximate surface area is 91.0 Å². The van der Waals surface area contributed by atoms with E-state index in [2.05, 4.69) is 5.32 Å². The van der Waals surface area contributed by atoms with Gasteiger partial charge in [0.05, 0.1) is 0 Å². The zero-order valence-corrected chi connectivity index (χ0v) is 8.70. The molecule has 1 fully saturated rings. The molecule has 15 heavy (non-hydrogen) atoms. The van der Waals surface area contributed by atoms with Crippen LogP contribution in [0.25, 0.3) is 0 Å². The Kier molecular flexibility index (Phi) is 2.59. The molecule has 0 amide bonds. The summed E-state index contributed by atoms with van der Waals surface area (Å²) >= 11 is 5.51. The van der Waals surface area contributed by atoms with Gasteiger partial charge >= 0.3 is 6.18 Å². The fraction of sp³-hybridized carbons (Fsp3) is 0.600. The summed E-state index contributed by atoms with van der Waals surface area (Å²) in [5.74, 6) is 0.357. The third-order valence-corrected chi connectivity index (χ3v) is 3.39. The van der Waals surface area contributed by atoms with Gasteiger partial charge in [-0.1, -0.05) is 18.2 Å². The second kappa shape index (κ2) is 3.52. The van der Waals surface area contributed by atoms with Crippen molar-refractivity contribution in [3.05, 3.63) is 23.8 Å². The summed E-state index contributed by atoms with van der Waals surface area (Å²) in [4.78, 5) is -2.20.